The molecular formula is C18H31NO2. The van der Waals surface area contributed by atoms with Gasteiger partial charge in [0.05, 0.1) is 14.2 Å². The van der Waals surface area contributed by atoms with Crippen molar-refractivity contribution in [1.29, 1.82) is 0 Å². The van der Waals surface area contributed by atoms with Crippen LogP contribution in [0.25, 0.3) is 0 Å². The lowest BCUT2D eigenvalue weighted by Crippen LogP contribution is -2.42. The molecule has 0 aromatic heterocycles. The van der Waals surface area contributed by atoms with Crippen molar-refractivity contribution in [3.05, 3.63) is 23.8 Å². The Kier molecular flexibility index (Phi) is 6.09. The zero-order valence-electron chi connectivity index (χ0n) is 14.7. The van der Waals surface area contributed by atoms with Gasteiger partial charge >= 0.3 is 0 Å². The normalized spacial score (nSPS) is 12.3. The second-order valence-corrected chi connectivity index (χ2v) is 7.45. The second kappa shape index (κ2) is 7.17. The van der Waals surface area contributed by atoms with Crippen LogP contribution in [-0.4, -0.2) is 26.3 Å². The Bertz CT molecular complexity index is 447. The van der Waals surface area contributed by atoms with E-state index in [0.29, 0.717) is 0 Å². The van der Waals surface area contributed by atoms with Gasteiger partial charge in [0.15, 0.2) is 0 Å². The van der Waals surface area contributed by atoms with E-state index in [1.165, 1.54) is 5.56 Å². The molecule has 0 aliphatic carbocycles. The maximum absolute atomic E-state index is 5.47. The number of ether oxygens (including phenoxy) is 2. The topological polar surface area (TPSA) is 30.5 Å². The number of aryl methyl sites for hydroxylation is 1. The predicted molar refractivity (Wildman–Crippen MR) is 89.4 cm³/mol. The monoisotopic (exact) mass is 293 g/mol. The summed E-state index contributed by atoms with van der Waals surface area (Å²) in [4.78, 5) is 0. The zero-order chi connectivity index (χ0) is 16.1. The average Bonchev–Trinajstić information content (AvgIpc) is 2.42. The van der Waals surface area contributed by atoms with Crippen LogP contribution in [0, 0.1) is 5.41 Å². The van der Waals surface area contributed by atoms with Crippen LogP contribution < -0.4 is 14.8 Å². The molecule has 0 saturated heterocycles. The number of hydrogen-bond acceptors (Lipinski definition) is 3. The van der Waals surface area contributed by atoms with E-state index < -0.39 is 0 Å². The maximum Gasteiger partial charge on any atom is 0.125 e. The molecule has 0 unspecified atom stereocenters. The van der Waals surface area contributed by atoms with E-state index in [-0.39, 0.29) is 11.0 Å². The van der Waals surface area contributed by atoms with Crippen LogP contribution in [0.3, 0.4) is 0 Å². The largest absolute Gasteiger partial charge is 0.497 e. The third kappa shape index (κ3) is 6.38. The van der Waals surface area contributed by atoms with Crippen LogP contribution in [0.2, 0.25) is 0 Å². The van der Waals surface area contributed by atoms with Crippen LogP contribution in [0.4, 0.5) is 0 Å². The van der Waals surface area contributed by atoms with Crippen molar-refractivity contribution in [3.63, 3.8) is 0 Å². The summed E-state index contributed by atoms with van der Waals surface area (Å²) >= 11 is 0. The van der Waals surface area contributed by atoms with Crippen LogP contribution in [-0.2, 0) is 6.42 Å². The molecule has 0 fully saturated rings. The van der Waals surface area contributed by atoms with Crippen LogP contribution in [0.15, 0.2) is 18.2 Å². The van der Waals surface area contributed by atoms with Gasteiger partial charge in [-0.3, -0.25) is 0 Å². The summed E-state index contributed by atoms with van der Waals surface area (Å²) in [7, 11) is 3.39. The molecule has 0 bridgehead atoms. The minimum absolute atomic E-state index is 0.162. The average molecular weight is 293 g/mol. The van der Waals surface area contributed by atoms with E-state index in [1.807, 2.05) is 12.1 Å². The summed E-state index contributed by atoms with van der Waals surface area (Å²) in [5.74, 6) is 1.75. The van der Waals surface area contributed by atoms with Gasteiger partial charge in [0.1, 0.15) is 11.5 Å². The van der Waals surface area contributed by atoms with Crippen molar-refractivity contribution >= 4 is 0 Å². The van der Waals surface area contributed by atoms with Gasteiger partial charge in [-0.2, -0.15) is 0 Å². The Labute approximate surface area is 130 Å². The van der Waals surface area contributed by atoms with Gasteiger partial charge in [-0.15, -0.1) is 0 Å². The first kappa shape index (κ1) is 17.8. The van der Waals surface area contributed by atoms with Gasteiger partial charge in [-0.1, -0.05) is 19.9 Å². The SMILES string of the molecule is COc1ccc(CCC(C)(C)CNC(C)(C)C)c(OC)c1. The molecule has 0 heterocycles. The summed E-state index contributed by atoms with van der Waals surface area (Å²) in [5, 5.41) is 3.59. The summed E-state index contributed by atoms with van der Waals surface area (Å²) in [5.41, 5.74) is 1.65. The van der Waals surface area contributed by atoms with Gasteiger partial charge in [0.2, 0.25) is 0 Å². The highest BCUT2D eigenvalue weighted by molar-refractivity contribution is 5.40. The molecule has 1 N–H and O–H groups in total. The van der Waals surface area contributed by atoms with E-state index in [0.717, 1.165) is 30.9 Å². The summed E-state index contributed by atoms with van der Waals surface area (Å²) in [6.07, 6.45) is 2.12. The maximum atomic E-state index is 5.47. The zero-order valence-corrected chi connectivity index (χ0v) is 14.7. The molecule has 3 nitrogen and oxygen atoms in total. The molecule has 120 valence electrons. The van der Waals surface area contributed by atoms with E-state index in [4.69, 9.17) is 9.47 Å². The Morgan fingerprint density at radius 2 is 1.67 bits per heavy atom. The lowest BCUT2D eigenvalue weighted by Gasteiger charge is -2.30. The molecule has 1 rings (SSSR count). The van der Waals surface area contributed by atoms with E-state index in [9.17, 15) is 0 Å². The summed E-state index contributed by atoms with van der Waals surface area (Å²) < 4.78 is 10.7. The first-order valence-corrected chi connectivity index (χ1v) is 7.63. The van der Waals surface area contributed by atoms with Crippen molar-refractivity contribution in [3.8, 4) is 11.5 Å². The molecule has 0 amide bonds. The number of methoxy groups -OCH3 is 2. The standard InChI is InChI=1S/C18H31NO2/c1-17(2,3)19-13-18(4,5)11-10-14-8-9-15(20-6)12-16(14)21-7/h8-9,12,19H,10-11,13H2,1-7H3. The van der Waals surface area contributed by atoms with Crippen molar-refractivity contribution in [2.75, 3.05) is 20.8 Å². The fraction of sp³-hybridized carbons (Fsp3) is 0.667. The molecule has 1 aromatic rings. The molecule has 0 spiro atoms. The van der Waals surface area contributed by atoms with Gasteiger partial charge in [-0.05, 0) is 50.7 Å². The molecule has 0 radical (unpaired) electrons. The number of rotatable bonds is 7. The molecular weight excluding hydrogens is 262 g/mol. The van der Waals surface area contributed by atoms with Crippen LogP contribution in [0.5, 0.6) is 11.5 Å². The highest BCUT2D eigenvalue weighted by atomic mass is 16.5. The van der Waals surface area contributed by atoms with Gasteiger partial charge in [0, 0.05) is 18.2 Å². The van der Waals surface area contributed by atoms with Crippen molar-refractivity contribution in [2.24, 2.45) is 5.41 Å². The van der Waals surface area contributed by atoms with Gasteiger partial charge in [-0.25, -0.2) is 0 Å². The Morgan fingerprint density at radius 3 is 2.19 bits per heavy atom. The highest BCUT2D eigenvalue weighted by Gasteiger charge is 2.21. The molecule has 21 heavy (non-hydrogen) atoms. The first-order valence-electron chi connectivity index (χ1n) is 7.63. The van der Waals surface area contributed by atoms with Crippen molar-refractivity contribution < 1.29 is 9.47 Å². The minimum Gasteiger partial charge on any atom is -0.497 e. The van der Waals surface area contributed by atoms with Crippen LogP contribution in [0.1, 0.15) is 46.6 Å². The first-order chi connectivity index (χ1) is 9.67. The van der Waals surface area contributed by atoms with Crippen molar-refractivity contribution in [1.82, 2.24) is 5.32 Å². The highest BCUT2D eigenvalue weighted by Crippen LogP contribution is 2.29. The molecule has 0 aliphatic rings. The summed E-state index contributed by atoms with van der Waals surface area (Å²) in [6.45, 7) is 12.2. The smallest absolute Gasteiger partial charge is 0.125 e. The Morgan fingerprint density at radius 1 is 1.00 bits per heavy atom. The third-order valence-corrected chi connectivity index (χ3v) is 3.66. The minimum atomic E-state index is 0.162. The second-order valence-electron chi connectivity index (χ2n) is 7.45. The predicted octanol–water partition coefficient (Wildman–Crippen LogP) is 4.05. The number of hydrogen-bond donors (Lipinski definition) is 1. The number of benzene rings is 1. The quantitative estimate of drug-likeness (QED) is 0.822. The number of nitrogens with one attached hydrogen (secondary N) is 1. The lowest BCUT2D eigenvalue weighted by atomic mass is 9.85. The Balaban J connectivity index is 2.65. The fourth-order valence-corrected chi connectivity index (χ4v) is 2.12. The Hall–Kier alpha value is -1.22. The molecule has 0 saturated carbocycles. The molecule has 3 heteroatoms. The molecule has 0 atom stereocenters. The van der Waals surface area contributed by atoms with Gasteiger partial charge in [0.25, 0.3) is 0 Å². The van der Waals surface area contributed by atoms with Gasteiger partial charge < -0.3 is 14.8 Å². The van der Waals surface area contributed by atoms with Crippen LogP contribution >= 0.6 is 0 Å². The third-order valence-electron chi connectivity index (χ3n) is 3.66. The lowest BCUT2D eigenvalue weighted by molar-refractivity contribution is 0.272. The summed E-state index contributed by atoms with van der Waals surface area (Å²) in [6, 6.07) is 6.05. The molecule has 1 aromatic carbocycles. The molecule has 0 aliphatic heterocycles. The van der Waals surface area contributed by atoms with E-state index in [2.05, 4.69) is 46.0 Å². The van der Waals surface area contributed by atoms with E-state index in [1.54, 1.807) is 14.2 Å². The fourth-order valence-electron chi connectivity index (χ4n) is 2.12. The van der Waals surface area contributed by atoms with E-state index >= 15 is 0 Å². The van der Waals surface area contributed by atoms with Crippen molar-refractivity contribution in [2.45, 2.75) is 53.0 Å².